The van der Waals surface area contributed by atoms with Crippen LogP contribution in [0.25, 0.3) is 11.0 Å². The number of nitrogens with one attached hydrogen (secondary N) is 2. The smallest absolute Gasteiger partial charge is 0.269 e. The van der Waals surface area contributed by atoms with Crippen molar-refractivity contribution in [3.63, 3.8) is 0 Å². The number of fused-ring (bicyclic) bond motifs is 1. The molecule has 0 aliphatic rings. The van der Waals surface area contributed by atoms with Gasteiger partial charge in [0, 0.05) is 26.8 Å². The van der Waals surface area contributed by atoms with E-state index in [4.69, 9.17) is 0 Å². The van der Waals surface area contributed by atoms with Crippen LogP contribution in [-0.2, 0) is 0 Å². The Morgan fingerprint density at radius 2 is 1.90 bits per heavy atom. The van der Waals surface area contributed by atoms with E-state index in [0.29, 0.717) is 5.95 Å². The summed E-state index contributed by atoms with van der Waals surface area (Å²) in [6.45, 7) is 0. The van der Waals surface area contributed by atoms with Crippen LogP contribution in [0.15, 0.2) is 45.3 Å². The molecule has 0 atom stereocenters. The molecule has 3 rings (SSSR count). The van der Waals surface area contributed by atoms with E-state index >= 15 is 0 Å². The maximum Gasteiger partial charge on any atom is 0.269 e. The Kier molecular flexibility index (Phi) is 3.64. The van der Waals surface area contributed by atoms with Crippen LogP contribution < -0.4 is 5.32 Å². The number of imidazole rings is 1. The minimum atomic E-state index is -0.431. The third-order valence-corrected chi connectivity index (χ3v) is 3.91. The molecule has 0 radical (unpaired) electrons. The van der Waals surface area contributed by atoms with Gasteiger partial charge in [-0.15, -0.1) is 0 Å². The fourth-order valence-electron chi connectivity index (χ4n) is 1.90. The van der Waals surface area contributed by atoms with Gasteiger partial charge in [-0.2, -0.15) is 0 Å². The molecule has 0 fully saturated rings. The van der Waals surface area contributed by atoms with Crippen LogP contribution in [-0.4, -0.2) is 14.9 Å². The lowest BCUT2D eigenvalue weighted by Crippen LogP contribution is -1.93. The van der Waals surface area contributed by atoms with Gasteiger partial charge in [-0.3, -0.25) is 10.1 Å². The van der Waals surface area contributed by atoms with Gasteiger partial charge in [0.1, 0.15) is 5.52 Å². The van der Waals surface area contributed by atoms with Crippen LogP contribution in [0.3, 0.4) is 0 Å². The highest BCUT2D eigenvalue weighted by Crippen LogP contribution is 2.29. The highest BCUT2D eigenvalue weighted by Gasteiger charge is 2.09. The van der Waals surface area contributed by atoms with Crippen molar-refractivity contribution in [3.05, 3.63) is 55.5 Å². The summed E-state index contributed by atoms with van der Waals surface area (Å²) in [4.78, 5) is 17.8. The minimum Gasteiger partial charge on any atom is -0.326 e. The Labute approximate surface area is 136 Å². The molecule has 1 heterocycles. The standard InChI is InChI=1S/C13H8Br2N4O2/c14-7-5-10(15)12-11(6-7)17-13(18-12)16-8-1-3-9(4-2-8)19(20)21/h1-6H,(H2,16,17,18). The average molecular weight is 412 g/mol. The lowest BCUT2D eigenvalue weighted by Gasteiger charge is -2.01. The maximum atomic E-state index is 10.6. The topological polar surface area (TPSA) is 83.8 Å². The van der Waals surface area contributed by atoms with Gasteiger partial charge in [0.25, 0.3) is 5.69 Å². The molecule has 0 saturated carbocycles. The van der Waals surface area contributed by atoms with Gasteiger partial charge in [-0.1, -0.05) is 15.9 Å². The number of H-pyrrole nitrogens is 1. The zero-order valence-electron chi connectivity index (χ0n) is 10.4. The second-order valence-corrected chi connectivity index (χ2v) is 6.07. The Morgan fingerprint density at radius 3 is 2.57 bits per heavy atom. The highest BCUT2D eigenvalue weighted by atomic mass is 79.9. The quantitative estimate of drug-likeness (QED) is 0.481. The Hall–Kier alpha value is -1.93. The summed E-state index contributed by atoms with van der Waals surface area (Å²) >= 11 is 6.88. The van der Waals surface area contributed by atoms with Gasteiger partial charge >= 0.3 is 0 Å². The fraction of sp³-hybridized carbons (Fsp3) is 0. The number of aromatic amines is 1. The number of halogens is 2. The number of non-ortho nitro benzene ring substituents is 1. The van der Waals surface area contributed by atoms with Crippen LogP contribution in [0.5, 0.6) is 0 Å². The third kappa shape index (κ3) is 2.91. The van der Waals surface area contributed by atoms with Crippen LogP contribution in [0.2, 0.25) is 0 Å². The Morgan fingerprint density at radius 1 is 1.19 bits per heavy atom. The number of benzene rings is 2. The van der Waals surface area contributed by atoms with Crippen molar-refractivity contribution in [2.75, 3.05) is 5.32 Å². The van der Waals surface area contributed by atoms with Gasteiger partial charge in [-0.05, 0) is 40.2 Å². The first-order valence-corrected chi connectivity index (χ1v) is 7.48. The Bertz CT molecular complexity index is 830. The van der Waals surface area contributed by atoms with E-state index < -0.39 is 4.92 Å². The van der Waals surface area contributed by atoms with Gasteiger partial charge in [-0.25, -0.2) is 4.98 Å². The van der Waals surface area contributed by atoms with Crippen molar-refractivity contribution in [1.82, 2.24) is 9.97 Å². The van der Waals surface area contributed by atoms with Gasteiger partial charge < -0.3 is 10.3 Å². The first-order chi connectivity index (χ1) is 10.0. The maximum absolute atomic E-state index is 10.6. The van der Waals surface area contributed by atoms with Crippen LogP contribution in [0.1, 0.15) is 0 Å². The van der Waals surface area contributed by atoms with Gasteiger partial charge in [0.15, 0.2) is 0 Å². The van der Waals surface area contributed by atoms with Crippen molar-refractivity contribution in [2.45, 2.75) is 0 Å². The lowest BCUT2D eigenvalue weighted by molar-refractivity contribution is -0.384. The first-order valence-electron chi connectivity index (χ1n) is 5.89. The number of rotatable bonds is 3. The summed E-state index contributed by atoms with van der Waals surface area (Å²) in [6.07, 6.45) is 0. The third-order valence-electron chi connectivity index (χ3n) is 2.85. The SMILES string of the molecule is O=[N+]([O-])c1ccc(Nc2nc3c(Br)cc(Br)cc3[nH]2)cc1. The predicted molar refractivity (Wildman–Crippen MR) is 87.9 cm³/mol. The number of hydrogen-bond donors (Lipinski definition) is 2. The van der Waals surface area contributed by atoms with E-state index in [1.54, 1.807) is 12.1 Å². The van der Waals surface area contributed by atoms with Crippen molar-refractivity contribution in [3.8, 4) is 0 Å². The van der Waals surface area contributed by atoms with Gasteiger partial charge in [0.05, 0.1) is 10.4 Å². The second-order valence-electron chi connectivity index (χ2n) is 4.30. The normalized spacial score (nSPS) is 10.8. The summed E-state index contributed by atoms with van der Waals surface area (Å²) in [6, 6.07) is 9.99. The van der Waals surface area contributed by atoms with Gasteiger partial charge in [0.2, 0.25) is 5.95 Å². The second kappa shape index (κ2) is 5.45. The molecule has 8 heteroatoms. The number of nitro benzene ring substituents is 1. The molecule has 21 heavy (non-hydrogen) atoms. The monoisotopic (exact) mass is 410 g/mol. The number of nitro groups is 1. The molecular formula is C13H8Br2N4O2. The molecule has 3 aromatic rings. The molecule has 0 amide bonds. The minimum absolute atomic E-state index is 0.0526. The number of hydrogen-bond acceptors (Lipinski definition) is 4. The molecule has 0 spiro atoms. The molecule has 1 aromatic heterocycles. The van der Waals surface area contributed by atoms with Crippen molar-refractivity contribution in [1.29, 1.82) is 0 Å². The molecule has 2 aromatic carbocycles. The van der Waals surface area contributed by atoms with Crippen molar-refractivity contribution >= 4 is 60.2 Å². The molecule has 0 aliphatic carbocycles. The summed E-state index contributed by atoms with van der Waals surface area (Å²) in [5.74, 6) is 0.567. The van der Waals surface area contributed by atoms with E-state index in [2.05, 4.69) is 47.1 Å². The number of anilines is 2. The zero-order chi connectivity index (χ0) is 15.0. The molecule has 2 N–H and O–H groups in total. The zero-order valence-corrected chi connectivity index (χ0v) is 13.6. The summed E-state index contributed by atoms with van der Waals surface area (Å²) in [7, 11) is 0. The van der Waals surface area contributed by atoms with E-state index in [0.717, 1.165) is 25.7 Å². The largest absolute Gasteiger partial charge is 0.326 e. The molecule has 106 valence electrons. The summed E-state index contributed by atoms with van der Waals surface area (Å²) in [5, 5.41) is 13.7. The molecule has 0 unspecified atom stereocenters. The average Bonchev–Trinajstić information content (AvgIpc) is 2.82. The van der Waals surface area contributed by atoms with E-state index in [1.807, 2.05) is 12.1 Å². The summed E-state index contributed by atoms with van der Waals surface area (Å²) in [5.41, 5.74) is 2.45. The fourth-order valence-corrected chi connectivity index (χ4v) is 3.22. The van der Waals surface area contributed by atoms with Crippen LogP contribution >= 0.6 is 31.9 Å². The molecule has 0 saturated heterocycles. The lowest BCUT2D eigenvalue weighted by atomic mass is 10.3. The first kappa shape index (κ1) is 14.0. The highest BCUT2D eigenvalue weighted by molar-refractivity contribution is 9.11. The Balaban J connectivity index is 1.91. The van der Waals surface area contributed by atoms with Crippen LogP contribution in [0.4, 0.5) is 17.3 Å². The molecule has 6 nitrogen and oxygen atoms in total. The summed E-state index contributed by atoms with van der Waals surface area (Å²) < 4.78 is 1.81. The van der Waals surface area contributed by atoms with Crippen molar-refractivity contribution < 1.29 is 4.92 Å². The van der Waals surface area contributed by atoms with Crippen LogP contribution in [0, 0.1) is 10.1 Å². The molecular weight excluding hydrogens is 404 g/mol. The van der Waals surface area contributed by atoms with E-state index in [-0.39, 0.29) is 5.69 Å². The number of nitrogens with zero attached hydrogens (tertiary/aromatic N) is 2. The van der Waals surface area contributed by atoms with E-state index in [1.165, 1.54) is 12.1 Å². The molecule has 0 aliphatic heterocycles. The number of aromatic nitrogens is 2. The molecule has 0 bridgehead atoms. The van der Waals surface area contributed by atoms with Crippen molar-refractivity contribution in [2.24, 2.45) is 0 Å². The van der Waals surface area contributed by atoms with E-state index in [9.17, 15) is 10.1 Å². The predicted octanol–water partition coefficient (Wildman–Crippen LogP) is 4.74.